The molecule has 2 atom stereocenters. The van der Waals surface area contributed by atoms with E-state index in [1.165, 1.54) is 19.3 Å². The van der Waals surface area contributed by atoms with E-state index in [0.29, 0.717) is 30.8 Å². The van der Waals surface area contributed by atoms with Gasteiger partial charge >= 0.3 is 5.97 Å². The maximum atomic E-state index is 12.2. The fourth-order valence-corrected chi connectivity index (χ4v) is 5.60. The summed E-state index contributed by atoms with van der Waals surface area (Å²) in [6.07, 6.45) is 6.67. The Morgan fingerprint density at radius 1 is 1.12 bits per heavy atom. The first-order chi connectivity index (χ1) is 11.6. The molecule has 4 aliphatic carbocycles. The van der Waals surface area contributed by atoms with Gasteiger partial charge in [0.05, 0.1) is 13.2 Å². The Morgan fingerprint density at radius 3 is 2.32 bits per heavy atom. The van der Waals surface area contributed by atoms with Crippen LogP contribution in [0.15, 0.2) is 12.2 Å². The summed E-state index contributed by atoms with van der Waals surface area (Å²) in [5.74, 6) is 1.10. The van der Waals surface area contributed by atoms with Crippen molar-refractivity contribution in [1.29, 1.82) is 0 Å². The van der Waals surface area contributed by atoms with Crippen molar-refractivity contribution < 1.29 is 19.0 Å². The molecule has 2 unspecified atom stereocenters. The predicted molar refractivity (Wildman–Crippen MR) is 97.0 cm³/mol. The van der Waals surface area contributed by atoms with Crippen LogP contribution in [0.1, 0.15) is 66.2 Å². The summed E-state index contributed by atoms with van der Waals surface area (Å²) in [6, 6.07) is 0. The molecule has 0 N–H and O–H groups in total. The molecule has 4 heteroatoms. The first-order valence-electron chi connectivity index (χ1n) is 9.65. The van der Waals surface area contributed by atoms with Gasteiger partial charge in [0.1, 0.15) is 12.4 Å². The van der Waals surface area contributed by atoms with E-state index in [-0.39, 0.29) is 22.4 Å². The molecule has 0 spiro atoms. The first-order valence-corrected chi connectivity index (χ1v) is 9.65. The second kappa shape index (κ2) is 6.70. The first kappa shape index (κ1) is 18.9. The Labute approximate surface area is 152 Å². The number of carbonyl (C=O) groups is 1. The largest absolute Gasteiger partial charge is 0.456 e. The summed E-state index contributed by atoms with van der Waals surface area (Å²) in [7, 11) is 0. The molecule has 0 heterocycles. The molecule has 0 aromatic carbocycles. The van der Waals surface area contributed by atoms with E-state index in [4.69, 9.17) is 14.2 Å². The van der Waals surface area contributed by atoms with Gasteiger partial charge in [0, 0.05) is 5.57 Å². The van der Waals surface area contributed by atoms with Crippen molar-refractivity contribution in [2.45, 2.75) is 71.8 Å². The summed E-state index contributed by atoms with van der Waals surface area (Å²) in [5, 5.41) is 0. The fraction of sp³-hybridized carbons (Fsp3) is 0.857. The van der Waals surface area contributed by atoms with E-state index < -0.39 is 0 Å². The van der Waals surface area contributed by atoms with Crippen LogP contribution >= 0.6 is 0 Å². The van der Waals surface area contributed by atoms with Crippen LogP contribution in [0.3, 0.4) is 0 Å². The monoisotopic (exact) mass is 350 g/mol. The Hall–Kier alpha value is -0.870. The summed E-state index contributed by atoms with van der Waals surface area (Å²) in [6.45, 7) is 13.7. The number of hydrogen-bond acceptors (Lipinski definition) is 4. The molecule has 25 heavy (non-hydrogen) atoms. The van der Waals surface area contributed by atoms with Gasteiger partial charge in [-0.05, 0) is 68.1 Å². The van der Waals surface area contributed by atoms with Gasteiger partial charge in [-0.25, -0.2) is 4.79 Å². The van der Waals surface area contributed by atoms with Gasteiger partial charge in [0.2, 0.25) is 0 Å². The third-order valence-electron chi connectivity index (χ3n) is 5.90. The Morgan fingerprint density at radius 2 is 1.76 bits per heavy atom. The third-order valence-corrected chi connectivity index (χ3v) is 5.90. The lowest BCUT2D eigenvalue weighted by Crippen LogP contribution is -2.58. The number of rotatable bonds is 7. The van der Waals surface area contributed by atoms with Crippen LogP contribution in [-0.4, -0.2) is 31.6 Å². The quantitative estimate of drug-likeness (QED) is 0.294. The van der Waals surface area contributed by atoms with Crippen LogP contribution in [0.25, 0.3) is 0 Å². The van der Waals surface area contributed by atoms with Crippen LogP contribution < -0.4 is 0 Å². The number of ether oxygens (including phenoxy) is 3. The summed E-state index contributed by atoms with van der Waals surface area (Å²) >= 11 is 0. The molecule has 0 saturated heterocycles. The topological polar surface area (TPSA) is 44.8 Å². The minimum atomic E-state index is -0.282. The number of esters is 1. The molecule has 0 amide bonds. The van der Waals surface area contributed by atoms with Crippen molar-refractivity contribution >= 4 is 5.97 Å². The second-order valence-corrected chi connectivity index (χ2v) is 10.2. The van der Waals surface area contributed by atoms with Crippen LogP contribution in [0.4, 0.5) is 0 Å². The van der Waals surface area contributed by atoms with Gasteiger partial charge in [-0.15, -0.1) is 0 Å². The molecule has 0 aromatic rings. The number of hydrogen-bond donors (Lipinski definition) is 0. The van der Waals surface area contributed by atoms with Gasteiger partial charge in [-0.2, -0.15) is 0 Å². The van der Waals surface area contributed by atoms with E-state index in [0.717, 1.165) is 25.9 Å². The molecule has 0 aliphatic heterocycles. The molecule has 4 aliphatic rings. The molecular weight excluding hydrogens is 316 g/mol. The zero-order chi connectivity index (χ0) is 18.3. The zero-order valence-electron chi connectivity index (χ0n) is 16.4. The Kier molecular flexibility index (Phi) is 5.06. The molecular formula is C21H34O4. The normalized spacial score (nSPS) is 36.5. The molecule has 0 aromatic heterocycles. The van der Waals surface area contributed by atoms with Gasteiger partial charge in [0.15, 0.2) is 0 Å². The van der Waals surface area contributed by atoms with Crippen LogP contribution in [0.5, 0.6) is 0 Å². The maximum Gasteiger partial charge on any atom is 0.333 e. The molecule has 4 bridgehead atoms. The summed E-state index contributed by atoms with van der Waals surface area (Å²) in [4.78, 5) is 12.2. The molecule has 4 nitrogen and oxygen atoms in total. The highest BCUT2D eigenvalue weighted by atomic mass is 16.7. The number of carbonyl (C=O) groups excluding carboxylic acids is 1. The third kappa shape index (κ3) is 4.46. The van der Waals surface area contributed by atoms with Crippen LogP contribution in [0.2, 0.25) is 0 Å². The standard InChI is InChI=1S/C21H34O4/c1-15(2)18(22)25-21-9-16-6-17(10-21)8-20(7-16,11-21)13-24-14-23-12-19(3,4)5/h16-17H,1,6-14H2,2-5H3. The van der Waals surface area contributed by atoms with Crippen molar-refractivity contribution in [2.75, 3.05) is 20.0 Å². The molecule has 4 rings (SSSR count). The molecule has 4 saturated carbocycles. The molecule has 0 radical (unpaired) electrons. The average molecular weight is 350 g/mol. The Balaban J connectivity index is 1.58. The second-order valence-electron chi connectivity index (χ2n) is 10.2. The van der Waals surface area contributed by atoms with Crippen molar-refractivity contribution in [3.8, 4) is 0 Å². The summed E-state index contributed by atoms with van der Waals surface area (Å²) in [5.41, 5.74) is 0.530. The summed E-state index contributed by atoms with van der Waals surface area (Å²) < 4.78 is 17.6. The lowest BCUT2D eigenvalue weighted by Gasteiger charge is -2.61. The van der Waals surface area contributed by atoms with Gasteiger partial charge in [-0.3, -0.25) is 0 Å². The average Bonchev–Trinajstić information content (AvgIpc) is 2.43. The minimum Gasteiger partial charge on any atom is -0.456 e. The van der Waals surface area contributed by atoms with Crippen LogP contribution in [0, 0.1) is 22.7 Å². The van der Waals surface area contributed by atoms with Gasteiger partial charge < -0.3 is 14.2 Å². The van der Waals surface area contributed by atoms with E-state index in [1.807, 2.05) is 0 Å². The SMILES string of the molecule is C=C(C)C(=O)OC12CC3CC(CC(COCOCC(C)(C)C)(C3)C1)C2. The van der Waals surface area contributed by atoms with E-state index in [9.17, 15) is 4.79 Å². The van der Waals surface area contributed by atoms with Crippen molar-refractivity contribution in [2.24, 2.45) is 22.7 Å². The van der Waals surface area contributed by atoms with E-state index >= 15 is 0 Å². The molecule has 142 valence electrons. The van der Waals surface area contributed by atoms with Gasteiger partial charge in [0.25, 0.3) is 0 Å². The van der Waals surface area contributed by atoms with Crippen molar-refractivity contribution in [1.82, 2.24) is 0 Å². The highest BCUT2D eigenvalue weighted by Crippen LogP contribution is 2.62. The maximum absolute atomic E-state index is 12.2. The lowest BCUT2D eigenvalue weighted by molar-refractivity contribution is -0.212. The fourth-order valence-electron chi connectivity index (χ4n) is 5.60. The van der Waals surface area contributed by atoms with E-state index in [2.05, 4.69) is 27.4 Å². The van der Waals surface area contributed by atoms with Crippen molar-refractivity contribution in [3.05, 3.63) is 12.2 Å². The minimum absolute atomic E-state index is 0.157. The lowest BCUT2D eigenvalue weighted by atomic mass is 9.48. The zero-order valence-corrected chi connectivity index (χ0v) is 16.4. The highest BCUT2D eigenvalue weighted by molar-refractivity contribution is 5.87. The molecule has 4 fully saturated rings. The predicted octanol–water partition coefficient (Wildman–Crippen LogP) is 4.48. The highest BCUT2D eigenvalue weighted by Gasteiger charge is 2.59. The van der Waals surface area contributed by atoms with Crippen LogP contribution in [-0.2, 0) is 19.0 Å². The van der Waals surface area contributed by atoms with Gasteiger partial charge in [-0.1, -0.05) is 27.4 Å². The van der Waals surface area contributed by atoms with Crippen molar-refractivity contribution in [3.63, 3.8) is 0 Å². The van der Waals surface area contributed by atoms with E-state index in [1.54, 1.807) is 6.92 Å². The smallest absolute Gasteiger partial charge is 0.333 e. The Bertz CT molecular complexity index is 517.